The molecule has 0 aliphatic carbocycles. The Bertz CT molecular complexity index is 759. The van der Waals surface area contributed by atoms with E-state index in [4.69, 9.17) is 16.7 Å². The Labute approximate surface area is 145 Å². The highest BCUT2D eigenvalue weighted by Crippen LogP contribution is 2.15. The van der Waals surface area contributed by atoms with Gasteiger partial charge in [0.1, 0.15) is 5.69 Å². The van der Waals surface area contributed by atoms with Crippen molar-refractivity contribution in [3.63, 3.8) is 0 Å². The molecule has 0 fully saturated rings. The zero-order valence-electron chi connectivity index (χ0n) is 13.8. The van der Waals surface area contributed by atoms with Crippen LogP contribution in [0, 0.1) is 6.92 Å². The first-order valence-corrected chi connectivity index (χ1v) is 7.90. The summed E-state index contributed by atoms with van der Waals surface area (Å²) >= 11 is 5.88. The fraction of sp³-hybridized carbons (Fsp3) is 0.278. The molecule has 0 saturated heterocycles. The summed E-state index contributed by atoms with van der Waals surface area (Å²) in [6.07, 6.45) is 0.686. The summed E-state index contributed by atoms with van der Waals surface area (Å²) in [5, 5.41) is 9.71. The molecule has 2 rings (SSSR count). The maximum Gasteiger partial charge on any atom is 0.337 e. The number of aromatic nitrogens is 1. The predicted octanol–water partition coefficient (Wildman–Crippen LogP) is 3.44. The van der Waals surface area contributed by atoms with Gasteiger partial charge in [-0.05, 0) is 50.1 Å². The summed E-state index contributed by atoms with van der Waals surface area (Å²) in [7, 11) is 1.71. The number of carboxylic acids is 1. The Morgan fingerprint density at radius 3 is 2.38 bits per heavy atom. The van der Waals surface area contributed by atoms with E-state index in [1.807, 2.05) is 31.2 Å². The number of halogens is 1. The van der Waals surface area contributed by atoms with Crippen LogP contribution >= 0.6 is 11.6 Å². The maximum atomic E-state index is 12.6. The predicted molar refractivity (Wildman–Crippen MR) is 92.6 cm³/mol. The minimum Gasteiger partial charge on any atom is -0.478 e. The summed E-state index contributed by atoms with van der Waals surface area (Å²) < 4.78 is 0. The molecule has 0 bridgehead atoms. The number of amides is 1. The third-order valence-corrected chi connectivity index (χ3v) is 4.21. The van der Waals surface area contributed by atoms with Crippen LogP contribution in [0.2, 0.25) is 5.02 Å². The quantitative estimate of drug-likeness (QED) is 0.900. The summed E-state index contributed by atoms with van der Waals surface area (Å²) in [5.74, 6) is -1.29. The molecule has 0 aliphatic rings. The highest BCUT2D eigenvalue weighted by molar-refractivity contribution is 6.30. The van der Waals surface area contributed by atoms with E-state index in [9.17, 15) is 9.59 Å². The number of aryl methyl sites for hydroxylation is 1. The van der Waals surface area contributed by atoms with E-state index in [1.165, 1.54) is 12.1 Å². The van der Waals surface area contributed by atoms with Crippen molar-refractivity contribution in [3.05, 3.63) is 63.9 Å². The lowest BCUT2D eigenvalue weighted by Crippen LogP contribution is -2.37. The maximum absolute atomic E-state index is 12.6. The molecular weight excluding hydrogens is 328 g/mol. The first-order valence-electron chi connectivity index (χ1n) is 7.52. The average Bonchev–Trinajstić information content (AvgIpc) is 2.55. The van der Waals surface area contributed by atoms with Crippen molar-refractivity contribution in [1.82, 2.24) is 9.88 Å². The second kappa shape index (κ2) is 7.45. The van der Waals surface area contributed by atoms with Crippen LogP contribution in [0.1, 0.15) is 39.0 Å². The first-order chi connectivity index (χ1) is 11.3. The number of hydrogen-bond acceptors (Lipinski definition) is 3. The molecule has 1 heterocycles. The van der Waals surface area contributed by atoms with Crippen LogP contribution in [-0.4, -0.2) is 40.0 Å². The lowest BCUT2D eigenvalue weighted by atomic mass is 10.1. The molecule has 1 amide bonds. The van der Waals surface area contributed by atoms with Gasteiger partial charge < -0.3 is 10.0 Å². The van der Waals surface area contributed by atoms with Gasteiger partial charge in [-0.2, -0.15) is 0 Å². The molecule has 1 aromatic heterocycles. The third kappa shape index (κ3) is 4.11. The topological polar surface area (TPSA) is 70.5 Å². The number of carboxylic acid groups (broad SMARTS) is 1. The Balaban J connectivity index is 2.12. The van der Waals surface area contributed by atoms with Gasteiger partial charge in [0.15, 0.2) is 0 Å². The van der Waals surface area contributed by atoms with Crippen LogP contribution in [0.3, 0.4) is 0 Å². The number of carbonyl (C=O) groups is 2. The van der Waals surface area contributed by atoms with Crippen molar-refractivity contribution in [2.45, 2.75) is 26.3 Å². The average molecular weight is 347 g/mol. The van der Waals surface area contributed by atoms with Crippen molar-refractivity contribution in [2.24, 2.45) is 0 Å². The van der Waals surface area contributed by atoms with Gasteiger partial charge >= 0.3 is 5.97 Å². The van der Waals surface area contributed by atoms with Gasteiger partial charge in [-0.1, -0.05) is 23.7 Å². The largest absolute Gasteiger partial charge is 0.478 e. The minimum absolute atomic E-state index is 0.0417. The van der Waals surface area contributed by atoms with E-state index in [1.54, 1.807) is 18.9 Å². The van der Waals surface area contributed by atoms with Crippen LogP contribution in [-0.2, 0) is 6.42 Å². The molecule has 0 aliphatic heterocycles. The highest BCUT2D eigenvalue weighted by atomic mass is 35.5. The molecule has 6 heteroatoms. The first kappa shape index (κ1) is 17.9. The van der Waals surface area contributed by atoms with Crippen molar-refractivity contribution >= 4 is 23.5 Å². The molecule has 0 saturated carbocycles. The monoisotopic (exact) mass is 346 g/mol. The number of aromatic carboxylic acids is 1. The van der Waals surface area contributed by atoms with Gasteiger partial charge in [0.25, 0.3) is 5.91 Å². The van der Waals surface area contributed by atoms with Gasteiger partial charge in [-0.15, -0.1) is 0 Å². The van der Waals surface area contributed by atoms with Crippen LogP contribution in [0.5, 0.6) is 0 Å². The molecular formula is C18H19ClN2O3. The number of benzene rings is 1. The van der Waals surface area contributed by atoms with E-state index in [0.717, 1.165) is 5.56 Å². The normalized spacial score (nSPS) is 11.8. The Hall–Kier alpha value is -2.40. The van der Waals surface area contributed by atoms with Gasteiger partial charge in [-0.25, -0.2) is 9.78 Å². The van der Waals surface area contributed by atoms with Crippen molar-refractivity contribution < 1.29 is 14.7 Å². The number of likely N-dealkylation sites (N-methyl/N-ethyl adjacent to an activating group) is 1. The van der Waals surface area contributed by atoms with Crippen LogP contribution in [0.25, 0.3) is 0 Å². The standard InChI is InChI=1S/C18H19ClN2O3/c1-11(10-13-4-6-14(19)7-5-13)21(3)17(22)16-9-8-15(18(23)24)12(2)20-16/h4-9,11H,10H2,1-3H3,(H,23,24). The molecule has 1 atom stereocenters. The number of pyridine rings is 1. The van der Waals surface area contributed by atoms with Gasteiger partial charge in [0.2, 0.25) is 0 Å². The third-order valence-electron chi connectivity index (χ3n) is 3.96. The summed E-state index contributed by atoms with van der Waals surface area (Å²) in [6, 6.07) is 10.3. The SMILES string of the molecule is Cc1nc(C(=O)N(C)C(C)Cc2ccc(Cl)cc2)ccc1C(=O)O. The molecule has 5 nitrogen and oxygen atoms in total. The van der Waals surface area contributed by atoms with E-state index in [0.29, 0.717) is 17.1 Å². The van der Waals surface area contributed by atoms with Gasteiger partial charge in [0.05, 0.1) is 11.3 Å². The molecule has 2 aromatic rings. The van der Waals surface area contributed by atoms with Gasteiger partial charge in [0, 0.05) is 18.1 Å². The molecule has 1 aromatic carbocycles. The lowest BCUT2D eigenvalue weighted by molar-refractivity contribution is 0.0690. The fourth-order valence-electron chi connectivity index (χ4n) is 2.39. The van der Waals surface area contributed by atoms with Gasteiger partial charge in [-0.3, -0.25) is 4.79 Å². The molecule has 24 heavy (non-hydrogen) atoms. The summed E-state index contributed by atoms with van der Waals surface area (Å²) in [6.45, 7) is 3.53. The highest BCUT2D eigenvalue weighted by Gasteiger charge is 2.20. The number of carbonyl (C=O) groups excluding carboxylic acids is 1. The van der Waals surface area contributed by atoms with E-state index in [-0.39, 0.29) is 23.2 Å². The van der Waals surface area contributed by atoms with E-state index < -0.39 is 5.97 Å². The van der Waals surface area contributed by atoms with Crippen LogP contribution in [0.15, 0.2) is 36.4 Å². The Morgan fingerprint density at radius 2 is 1.83 bits per heavy atom. The number of nitrogens with zero attached hydrogens (tertiary/aromatic N) is 2. The second-order valence-corrected chi connectivity index (χ2v) is 6.17. The molecule has 126 valence electrons. The Kier molecular flexibility index (Phi) is 5.57. The minimum atomic E-state index is -1.05. The fourth-order valence-corrected chi connectivity index (χ4v) is 2.51. The zero-order chi connectivity index (χ0) is 17.9. The van der Waals surface area contributed by atoms with Crippen LogP contribution < -0.4 is 0 Å². The molecule has 1 N–H and O–H groups in total. The Morgan fingerprint density at radius 1 is 1.21 bits per heavy atom. The van der Waals surface area contributed by atoms with Crippen molar-refractivity contribution in [1.29, 1.82) is 0 Å². The lowest BCUT2D eigenvalue weighted by Gasteiger charge is -2.25. The smallest absolute Gasteiger partial charge is 0.337 e. The molecule has 1 unspecified atom stereocenters. The number of hydrogen-bond donors (Lipinski definition) is 1. The van der Waals surface area contributed by atoms with E-state index in [2.05, 4.69) is 4.98 Å². The van der Waals surface area contributed by atoms with Crippen molar-refractivity contribution in [3.8, 4) is 0 Å². The molecule has 0 spiro atoms. The summed E-state index contributed by atoms with van der Waals surface area (Å²) in [5.41, 5.74) is 1.75. The van der Waals surface area contributed by atoms with Crippen molar-refractivity contribution in [2.75, 3.05) is 7.05 Å². The van der Waals surface area contributed by atoms with Crippen LogP contribution in [0.4, 0.5) is 0 Å². The van der Waals surface area contributed by atoms with E-state index >= 15 is 0 Å². The summed E-state index contributed by atoms with van der Waals surface area (Å²) in [4.78, 5) is 29.3. The number of rotatable bonds is 5. The second-order valence-electron chi connectivity index (χ2n) is 5.73. The molecule has 0 radical (unpaired) electrons. The zero-order valence-corrected chi connectivity index (χ0v) is 14.5.